The quantitative estimate of drug-likeness (QED) is 0.578. The lowest BCUT2D eigenvalue weighted by atomic mass is 10.0. The molecule has 0 unspecified atom stereocenters. The van der Waals surface area contributed by atoms with Crippen molar-refractivity contribution in [2.24, 2.45) is 0 Å². The van der Waals surface area contributed by atoms with Crippen LogP contribution in [-0.2, 0) is 4.79 Å². The van der Waals surface area contributed by atoms with Gasteiger partial charge in [0.05, 0.1) is 12.0 Å². The first-order chi connectivity index (χ1) is 15.2. The second-order valence-corrected chi connectivity index (χ2v) is 8.20. The molecule has 3 aromatic rings. The average Bonchev–Trinajstić information content (AvgIpc) is 3.35. The van der Waals surface area contributed by atoms with Gasteiger partial charge in [0.15, 0.2) is 11.5 Å². The van der Waals surface area contributed by atoms with E-state index in [1.807, 2.05) is 35.7 Å². The highest BCUT2D eigenvalue weighted by atomic mass is 32.1. The van der Waals surface area contributed by atoms with E-state index in [9.17, 15) is 9.59 Å². The Balaban J connectivity index is 1.42. The number of amides is 2. The summed E-state index contributed by atoms with van der Waals surface area (Å²) in [6.07, 6.45) is 2.51. The van der Waals surface area contributed by atoms with Crippen LogP contribution < -0.4 is 14.8 Å². The van der Waals surface area contributed by atoms with Gasteiger partial charge in [-0.2, -0.15) is 0 Å². The Morgan fingerprint density at radius 1 is 1.00 bits per heavy atom. The molecule has 0 aliphatic carbocycles. The van der Waals surface area contributed by atoms with Gasteiger partial charge >= 0.3 is 0 Å². The molecule has 0 radical (unpaired) electrons. The van der Waals surface area contributed by atoms with E-state index >= 15 is 0 Å². The molecule has 0 saturated carbocycles. The van der Waals surface area contributed by atoms with Crippen LogP contribution in [-0.4, -0.2) is 36.4 Å². The molecular formula is C24H24N2O4S. The molecular weight excluding hydrogens is 412 g/mol. The highest BCUT2D eigenvalue weighted by Crippen LogP contribution is 2.31. The molecule has 2 aromatic carbocycles. The number of rotatable bonds is 6. The Hall–Kier alpha value is -3.32. The summed E-state index contributed by atoms with van der Waals surface area (Å²) in [5, 5.41) is 4.82. The molecule has 6 nitrogen and oxygen atoms in total. The zero-order valence-corrected chi connectivity index (χ0v) is 18.1. The van der Waals surface area contributed by atoms with Crippen molar-refractivity contribution >= 4 is 28.8 Å². The lowest BCUT2D eigenvalue weighted by Crippen LogP contribution is -2.49. The molecule has 1 fully saturated rings. The number of thiophene rings is 1. The topological polar surface area (TPSA) is 67.9 Å². The first kappa shape index (κ1) is 20.9. The van der Waals surface area contributed by atoms with Crippen LogP contribution in [0.25, 0.3) is 0 Å². The second-order valence-electron chi connectivity index (χ2n) is 7.25. The first-order valence-corrected chi connectivity index (χ1v) is 11.1. The molecule has 1 saturated heterocycles. The molecule has 160 valence electrons. The summed E-state index contributed by atoms with van der Waals surface area (Å²) in [5.74, 6) is 1.66. The number of ether oxygens (including phenoxy) is 2. The monoisotopic (exact) mass is 436 g/mol. The van der Waals surface area contributed by atoms with Gasteiger partial charge < -0.3 is 19.7 Å². The third-order valence-corrected chi connectivity index (χ3v) is 6.07. The van der Waals surface area contributed by atoms with Crippen molar-refractivity contribution in [1.29, 1.82) is 0 Å². The van der Waals surface area contributed by atoms with Crippen molar-refractivity contribution < 1.29 is 19.1 Å². The maximum atomic E-state index is 13.0. The normalized spacial score (nSPS) is 15.9. The van der Waals surface area contributed by atoms with Crippen molar-refractivity contribution in [2.45, 2.75) is 25.3 Å². The van der Waals surface area contributed by atoms with Gasteiger partial charge in [0.25, 0.3) is 5.91 Å². The van der Waals surface area contributed by atoms with Gasteiger partial charge in [-0.05, 0) is 67.1 Å². The number of nitrogens with one attached hydrogen (secondary N) is 1. The molecule has 1 aliphatic heterocycles. The van der Waals surface area contributed by atoms with Crippen LogP contribution in [0.5, 0.6) is 17.2 Å². The number of hydrogen-bond donors (Lipinski definition) is 1. The van der Waals surface area contributed by atoms with Gasteiger partial charge in [-0.3, -0.25) is 9.59 Å². The fourth-order valence-electron chi connectivity index (χ4n) is 3.65. The lowest BCUT2D eigenvalue weighted by molar-refractivity contribution is -0.121. The molecule has 1 atom stereocenters. The van der Waals surface area contributed by atoms with E-state index in [0.29, 0.717) is 40.8 Å². The van der Waals surface area contributed by atoms with E-state index in [-0.39, 0.29) is 11.8 Å². The van der Waals surface area contributed by atoms with Crippen molar-refractivity contribution in [3.8, 4) is 17.2 Å². The smallest absolute Gasteiger partial charge is 0.264 e. The predicted octanol–water partition coefficient (Wildman–Crippen LogP) is 5.18. The largest absolute Gasteiger partial charge is 0.493 e. The van der Waals surface area contributed by atoms with Crippen molar-refractivity contribution in [3.63, 3.8) is 0 Å². The number of anilines is 1. The van der Waals surface area contributed by atoms with Crippen LogP contribution in [0.1, 0.15) is 28.9 Å². The molecule has 7 heteroatoms. The van der Waals surface area contributed by atoms with Crippen LogP contribution in [0.2, 0.25) is 0 Å². The van der Waals surface area contributed by atoms with Crippen LogP contribution >= 0.6 is 11.3 Å². The summed E-state index contributed by atoms with van der Waals surface area (Å²) in [6.45, 7) is 0.598. The summed E-state index contributed by atoms with van der Waals surface area (Å²) in [5.41, 5.74) is 0.659. The SMILES string of the molecule is COc1ccccc1Oc1ccc(NC(=O)[C@H]2CCCCN2C(=O)c2cccs2)cc1. The minimum Gasteiger partial charge on any atom is -0.493 e. The summed E-state index contributed by atoms with van der Waals surface area (Å²) in [4.78, 5) is 28.2. The molecule has 1 N–H and O–H groups in total. The fourth-order valence-corrected chi connectivity index (χ4v) is 4.33. The maximum Gasteiger partial charge on any atom is 0.264 e. The molecule has 2 heterocycles. The van der Waals surface area contributed by atoms with Gasteiger partial charge in [0.2, 0.25) is 5.91 Å². The number of hydrogen-bond acceptors (Lipinski definition) is 5. The Kier molecular flexibility index (Phi) is 6.52. The number of para-hydroxylation sites is 2. The minimum atomic E-state index is -0.465. The lowest BCUT2D eigenvalue weighted by Gasteiger charge is -2.34. The highest BCUT2D eigenvalue weighted by molar-refractivity contribution is 7.12. The number of benzene rings is 2. The zero-order valence-electron chi connectivity index (χ0n) is 17.2. The van der Waals surface area contributed by atoms with Gasteiger partial charge in [0.1, 0.15) is 11.8 Å². The fraction of sp³-hybridized carbons (Fsp3) is 0.250. The first-order valence-electron chi connectivity index (χ1n) is 10.2. The number of piperidine rings is 1. The van der Waals surface area contributed by atoms with E-state index < -0.39 is 6.04 Å². The average molecular weight is 437 g/mol. The maximum absolute atomic E-state index is 13.0. The summed E-state index contributed by atoms with van der Waals surface area (Å²) < 4.78 is 11.2. The van der Waals surface area contributed by atoms with E-state index in [2.05, 4.69) is 5.32 Å². The third-order valence-electron chi connectivity index (χ3n) is 5.22. The van der Waals surface area contributed by atoms with Crippen molar-refractivity contribution in [3.05, 3.63) is 70.9 Å². The van der Waals surface area contributed by atoms with Gasteiger partial charge in [-0.1, -0.05) is 18.2 Å². The number of likely N-dealkylation sites (tertiary alicyclic amines) is 1. The minimum absolute atomic E-state index is 0.0737. The molecule has 1 aliphatic rings. The van der Waals surface area contributed by atoms with Gasteiger partial charge in [0, 0.05) is 12.2 Å². The van der Waals surface area contributed by atoms with Crippen LogP contribution in [0.15, 0.2) is 66.0 Å². The Labute approximate surface area is 185 Å². The summed E-state index contributed by atoms with van der Waals surface area (Å²) in [7, 11) is 1.60. The summed E-state index contributed by atoms with van der Waals surface area (Å²) >= 11 is 1.40. The van der Waals surface area contributed by atoms with Crippen molar-refractivity contribution in [2.75, 3.05) is 19.0 Å². The van der Waals surface area contributed by atoms with E-state index in [1.54, 1.807) is 42.3 Å². The molecule has 1 aromatic heterocycles. The molecule has 0 bridgehead atoms. The van der Waals surface area contributed by atoms with E-state index in [0.717, 1.165) is 12.8 Å². The molecule has 2 amide bonds. The molecule has 31 heavy (non-hydrogen) atoms. The van der Waals surface area contributed by atoms with Gasteiger partial charge in [-0.15, -0.1) is 11.3 Å². The van der Waals surface area contributed by atoms with Crippen LogP contribution in [0.4, 0.5) is 5.69 Å². The van der Waals surface area contributed by atoms with E-state index in [1.165, 1.54) is 11.3 Å². The van der Waals surface area contributed by atoms with Crippen LogP contribution in [0.3, 0.4) is 0 Å². The van der Waals surface area contributed by atoms with E-state index in [4.69, 9.17) is 9.47 Å². The Morgan fingerprint density at radius 3 is 2.48 bits per heavy atom. The number of methoxy groups -OCH3 is 1. The third kappa shape index (κ3) is 4.88. The van der Waals surface area contributed by atoms with Gasteiger partial charge in [-0.25, -0.2) is 0 Å². The second kappa shape index (κ2) is 9.66. The van der Waals surface area contributed by atoms with Crippen LogP contribution in [0, 0.1) is 0 Å². The molecule has 4 rings (SSSR count). The number of carbonyl (C=O) groups is 2. The standard InChI is InChI=1S/C24H24N2O4S/c1-29-20-8-2-3-9-21(20)30-18-13-11-17(12-14-18)25-23(27)19-7-4-5-15-26(19)24(28)22-10-6-16-31-22/h2-3,6,8-14,16,19H,4-5,7,15H2,1H3,(H,25,27)/t19-/m1/s1. The number of carbonyl (C=O) groups excluding carboxylic acids is 2. The predicted molar refractivity (Wildman–Crippen MR) is 121 cm³/mol. The number of nitrogens with zero attached hydrogens (tertiary/aromatic N) is 1. The Morgan fingerprint density at radius 2 is 1.77 bits per heavy atom. The summed E-state index contributed by atoms with van der Waals surface area (Å²) in [6, 6.07) is 17.8. The molecule has 0 spiro atoms. The van der Waals surface area contributed by atoms with Crippen molar-refractivity contribution in [1.82, 2.24) is 4.90 Å². The Bertz CT molecular complexity index is 1030. The highest BCUT2D eigenvalue weighted by Gasteiger charge is 2.33. The zero-order chi connectivity index (χ0) is 21.6.